The van der Waals surface area contributed by atoms with Crippen molar-refractivity contribution in [1.82, 2.24) is 15.5 Å². The molecule has 0 unspecified atom stereocenters. The van der Waals surface area contributed by atoms with Crippen molar-refractivity contribution in [3.05, 3.63) is 0 Å². The van der Waals surface area contributed by atoms with Crippen LogP contribution in [0.15, 0.2) is 4.99 Å². The first kappa shape index (κ1) is 20.0. The highest BCUT2D eigenvalue weighted by Crippen LogP contribution is 2.14. The number of halogens is 3. The van der Waals surface area contributed by atoms with Crippen LogP contribution in [0.5, 0.6) is 0 Å². The van der Waals surface area contributed by atoms with Gasteiger partial charge >= 0.3 is 6.18 Å². The van der Waals surface area contributed by atoms with Crippen molar-refractivity contribution < 1.29 is 13.2 Å². The van der Waals surface area contributed by atoms with Gasteiger partial charge in [-0.1, -0.05) is 26.7 Å². The van der Waals surface area contributed by atoms with E-state index in [1.54, 1.807) is 7.05 Å². The largest absolute Gasteiger partial charge is 0.401 e. The Morgan fingerprint density at radius 3 is 2.29 bits per heavy atom. The van der Waals surface area contributed by atoms with E-state index >= 15 is 0 Å². The van der Waals surface area contributed by atoms with Crippen molar-refractivity contribution >= 4 is 5.96 Å². The Balaban J connectivity index is 3.71. The number of aliphatic imine (C=N–C) groups is 1. The summed E-state index contributed by atoms with van der Waals surface area (Å²) in [4.78, 5) is 5.28. The highest BCUT2D eigenvalue weighted by molar-refractivity contribution is 5.79. The maximum atomic E-state index is 12.2. The second-order valence-corrected chi connectivity index (χ2v) is 5.67. The van der Waals surface area contributed by atoms with Crippen molar-refractivity contribution in [2.45, 2.75) is 39.3 Å². The lowest BCUT2D eigenvalue weighted by Crippen LogP contribution is -2.42. The number of unbranched alkanes of at least 4 members (excludes halogenated alkanes) is 1. The second kappa shape index (κ2) is 10.7. The van der Waals surface area contributed by atoms with Gasteiger partial charge in [-0.25, -0.2) is 0 Å². The predicted octanol–water partition coefficient (Wildman–Crippen LogP) is 2.47. The van der Waals surface area contributed by atoms with E-state index in [4.69, 9.17) is 0 Å². The average molecular weight is 310 g/mol. The molecule has 126 valence electrons. The molecule has 0 heterocycles. The molecule has 0 aromatic rings. The van der Waals surface area contributed by atoms with Crippen LogP contribution in [-0.2, 0) is 0 Å². The first-order valence-corrected chi connectivity index (χ1v) is 7.44. The molecule has 0 aromatic heterocycles. The van der Waals surface area contributed by atoms with Gasteiger partial charge in [0.1, 0.15) is 0 Å². The summed E-state index contributed by atoms with van der Waals surface area (Å²) in [5.41, 5.74) is 0. The van der Waals surface area contributed by atoms with Gasteiger partial charge < -0.3 is 10.6 Å². The van der Waals surface area contributed by atoms with Gasteiger partial charge in [0.2, 0.25) is 0 Å². The molecule has 0 atom stereocenters. The van der Waals surface area contributed by atoms with Gasteiger partial charge in [0.25, 0.3) is 0 Å². The third-order valence-electron chi connectivity index (χ3n) is 2.96. The number of nitrogens with one attached hydrogen (secondary N) is 2. The van der Waals surface area contributed by atoms with E-state index in [0.29, 0.717) is 25.0 Å². The van der Waals surface area contributed by atoms with E-state index in [1.807, 2.05) is 0 Å². The Morgan fingerprint density at radius 2 is 1.76 bits per heavy atom. The average Bonchev–Trinajstić information content (AvgIpc) is 2.33. The third-order valence-corrected chi connectivity index (χ3v) is 2.96. The van der Waals surface area contributed by atoms with E-state index in [2.05, 4.69) is 29.5 Å². The molecule has 0 spiro atoms. The highest BCUT2D eigenvalue weighted by atomic mass is 19.4. The Bertz CT molecular complexity index is 290. The van der Waals surface area contributed by atoms with Crippen LogP contribution in [0.3, 0.4) is 0 Å². The van der Waals surface area contributed by atoms with Gasteiger partial charge in [0.15, 0.2) is 5.96 Å². The van der Waals surface area contributed by atoms with Gasteiger partial charge in [-0.2, -0.15) is 13.2 Å². The van der Waals surface area contributed by atoms with E-state index in [0.717, 1.165) is 19.4 Å². The fourth-order valence-corrected chi connectivity index (χ4v) is 1.86. The van der Waals surface area contributed by atoms with Crippen LogP contribution >= 0.6 is 0 Å². The Labute approximate surface area is 126 Å². The molecule has 21 heavy (non-hydrogen) atoms. The van der Waals surface area contributed by atoms with Gasteiger partial charge in [0.05, 0.1) is 6.54 Å². The van der Waals surface area contributed by atoms with Crippen molar-refractivity contribution in [2.24, 2.45) is 10.9 Å². The first-order chi connectivity index (χ1) is 9.74. The standard InChI is InChI=1S/C14H29F3N4/c1-12(2)7-5-6-8-19-13(18-3)20-9-10-21(4)11-14(15,16)17/h12H,5-11H2,1-4H3,(H2,18,19,20). The molecule has 0 aliphatic rings. The summed E-state index contributed by atoms with van der Waals surface area (Å²) >= 11 is 0. The smallest absolute Gasteiger partial charge is 0.356 e. The monoisotopic (exact) mass is 310 g/mol. The number of guanidine groups is 1. The minimum Gasteiger partial charge on any atom is -0.356 e. The summed E-state index contributed by atoms with van der Waals surface area (Å²) in [6, 6.07) is 0. The molecular formula is C14H29F3N4. The summed E-state index contributed by atoms with van der Waals surface area (Å²) in [6.07, 6.45) is -0.718. The third kappa shape index (κ3) is 13.7. The van der Waals surface area contributed by atoms with Crippen LogP contribution in [0.1, 0.15) is 33.1 Å². The molecule has 0 aromatic carbocycles. The van der Waals surface area contributed by atoms with Gasteiger partial charge in [-0.3, -0.25) is 9.89 Å². The van der Waals surface area contributed by atoms with Crippen LogP contribution in [0.2, 0.25) is 0 Å². The Kier molecular flexibility index (Phi) is 10.2. The van der Waals surface area contributed by atoms with Gasteiger partial charge in [0, 0.05) is 26.7 Å². The molecule has 4 nitrogen and oxygen atoms in total. The molecule has 0 rings (SSSR count). The van der Waals surface area contributed by atoms with E-state index in [-0.39, 0.29) is 0 Å². The lowest BCUT2D eigenvalue weighted by molar-refractivity contribution is -0.142. The molecule has 0 radical (unpaired) electrons. The second-order valence-electron chi connectivity index (χ2n) is 5.67. The maximum Gasteiger partial charge on any atom is 0.401 e. The Hall–Kier alpha value is -0.980. The summed E-state index contributed by atoms with van der Waals surface area (Å²) in [5, 5.41) is 6.18. The van der Waals surface area contributed by atoms with Crippen LogP contribution in [0, 0.1) is 5.92 Å². The summed E-state index contributed by atoms with van der Waals surface area (Å²) in [5.74, 6) is 1.35. The van der Waals surface area contributed by atoms with Gasteiger partial charge in [-0.15, -0.1) is 0 Å². The van der Waals surface area contributed by atoms with Crippen LogP contribution in [0.25, 0.3) is 0 Å². The lowest BCUT2D eigenvalue weighted by Gasteiger charge is -2.19. The van der Waals surface area contributed by atoms with E-state index in [1.165, 1.54) is 18.4 Å². The molecule has 0 aliphatic heterocycles. The summed E-state index contributed by atoms with van der Waals surface area (Å²) < 4.78 is 36.5. The fraction of sp³-hybridized carbons (Fsp3) is 0.929. The molecule has 0 saturated heterocycles. The first-order valence-electron chi connectivity index (χ1n) is 7.44. The van der Waals surface area contributed by atoms with Crippen LogP contribution in [0.4, 0.5) is 13.2 Å². The van der Waals surface area contributed by atoms with Crippen molar-refractivity contribution in [2.75, 3.05) is 40.3 Å². The maximum absolute atomic E-state index is 12.2. The van der Waals surface area contributed by atoms with Crippen molar-refractivity contribution in [1.29, 1.82) is 0 Å². The topological polar surface area (TPSA) is 39.7 Å². The molecule has 0 saturated carbocycles. The molecule has 0 fully saturated rings. The van der Waals surface area contributed by atoms with E-state index < -0.39 is 12.7 Å². The van der Waals surface area contributed by atoms with Crippen molar-refractivity contribution in [3.63, 3.8) is 0 Å². The normalized spacial score (nSPS) is 13.1. The van der Waals surface area contributed by atoms with Crippen LogP contribution in [-0.4, -0.2) is 57.3 Å². The molecule has 7 heteroatoms. The van der Waals surface area contributed by atoms with Crippen LogP contribution < -0.4 is 10.6 Å². The summed E-state index contributed by atoms with van der Waals surface area (Å²) in [7, 11) is 3.11. The minimum atomic E-state index is -4.15. The minimum absolute atomic E-state index is 0.313. The lowest BCUT2D eigenvalue weighted by atomic mass is 10.1. The molecule has 0 aliphatic carbocycles. The molecular weight excluding hydrogens is 281 g/mol. The van der Waals surface area contributed by atoms with E-state index in [9.17, 15) is 13.2 Å². The fourth-order valence-electron chi connectivity index (χ4n) is 1.86. The molecule has 2 N–H and O–H groups in total. The number of alkyl halides is 3. The number of rotatable bonds is 9. The summed E-state index contributed by atoms with van der Waals surface area (Å²) in [6.45, 7) is 5.07. The zero-order valence-corrected chi connectivity index (χ0v) is 13.6. The zero-order valence-electron chi connectivity index (χ0n) is 13.6. The SMILES string of the molecule is CN=C(NCCCCC(C)C)NCCN(C)CC(F)(F)F. The number of hydrogen-bond acceptors (Lipinski definition) is 2. The zero-order chi connectivity index (χ0) is 16.3. The predicted molar refractivity (Wildman–Crippen MR) is 81.6 cm³/mol. The quantitative estimate of drug-likeness (QED) is 0.390. The number of likely N-dealkylation sites (N-methyl/N-ethyl adjacent to an activating group) is 1. The van der Waals surface area contributed by atoms with Crippen molar-refractivity contribution in [3.8, 4) is 0 Å². The highest BCUT2D eigenvalue weighted by Gasteiger charge is 2.28. The number of hydrogen-bond donors (Lipinski definition) is 2. The molecule has 0 bridgehead atoms. The Morgan fingerprint density at radius 1 is 1.14 bits per heavy atom. The number of nitrogens with zero attached hydrogens (tertiary/aromatic N) is 2. The van der Waals surface area contributed by atoms with Gasteiger partial charge in [-0.05, 0) is 19.4 Å². The molecule has 0 amide bonds.